The second-order valence-corrected chi connectivity index (χ2v) is 5.30. The number of aromatic hydroxyl groups is 1. The Hall–Kier alpha value is -3.34. The highest BCUT2D eigenvalue weighted by atomic mass is 16.3. The summed E-state index contributed by atoms with van der Waals surface area (Å²) in [5.74, 6) is -0.0946. The number of hydrazone groups is 1. The molecule has 0 atom stereocenters. The summed E-state index contributed by atoms with van der Waals surface area (Å²) >= 11 is 0. The average molecular weight is 319 g/mol. The molecule has 3 aromatic rings. The van der Waals surface area contributed by atoms with Crippen LogP contribution in [0.15, 0.2) is 71.8 Å². The first-order valence-electron chi connectivity index (χ1n) is 7.54. The summed E-state index contributed by atoms with van der Waals surface area (Å²) in [5, 5.41) is 18.6. The number of phenols is 1. The van der Waals surface area contributed by atoms with Crippen molar-refractivity contribution >= 4 is 28.6 Å². The summed E-state index contributed by atoms with van der Waals surface area (Å²) in [7, 11) is 0. The van der Waals surface area contributed by atoms with Crippen LogP contribution in [0.4, 0.5) is 5.69 Å². The zero-order chi connectivity index (χ0) is 16.8. The van der Waals surface area contributed by atoms with Crippen LogP contribution < -0.4 is 10.7 Å². The molecule has 0 spiro atoms. The molecule has 0 aliphatic heterocycles. The lowest BCUT2D eigenvalue weighted by atomic mass is 10.1. The maximum Gasteiger partial charge on any atom is 0.259 e. The standard InChI is InChI=1S/C19H17N3O2/c23-18-7-3-4-14(10-18)12-21-22-19(24)13-20-17-9-8-15-5-1-2-6-16(15)11-17/h1-12,20,23H,13H2,(H,22,24)/b21-12-. The molecule has 3 rings (SSSR count). The molecule has 24 heavy (non-hydrogen) atoms. The van der Waals surface area contributed by atoms with Crippen molar-refractivity contribution in [2.75, 3.05) is 11.9 Å². The first-order chi connectivity index (χ1) is 11.7. The number of rotatable bonds is 5. The fraction of sp³-hybridized carbons (Fsp3) is 0.0526. The van der Waals surface area contributed by atoms with Crippen molar-refractivity contribution in [3.05, 3.63) is 72.3 Å². The fourth-order valence-corrected chi connectivity index (χ4v) is 2.31. The number of nitrogens with one attached hydrogen (secondary N) is 2. The molecule has 0 aliphatic rings. The fourth-order valence-electron chi connectivity index (χ4n) is 2.31. The molecule has 0 heterocycles. The zero-order valence-corrected chi connectivity index (χ0v) is 12.9. The second kappa shape index (κ2) is 7.28. The topological polar surface area (TPSA) is 73.7 Å². The highest BCUT2D eigenvalue weighted by Gasteiger charge is 2.00. The molecule has 5 nitrogen and oxygen atoms in total. The van der Waals surface area contributed by atoms with Gasteiger partial charge in [0.25, 0.3) is 5.91 Å². The molecule has 0 aromatic heterocycles. The van der Waals surface area contributed by atoms with Gasteiger partial charge in [0.1, 0.15) is 5.75 Å². The maximum absolute atomic E-state index is 11.8. The summed E-state index contributed by atoms with van der Waals surface area (Å²) in [6.45, 7) is 0.121. The van der Waals surface area contributed by atoms with Crippen LogP contribution in [-0.2, 0) is 4.79 Å². The zero-order valence-electron chi connectivity index (χ0n) is 12.9. The Morgan fingerprint density at radius 3 is 2.67 bits per heavy atom. The number of amides is 1. The largest absolute Gasteiger partial charge is 0.508 e. The van der Waals surface area contributed by atoms with E-state index >= 15 is 0 Å². The van der Waals surface area contributed by atoms with E-state index in [-0.39, 0.29) is 18.2 Å². The lowest BCUT2D eigenvalue weighted by molar-refractivity contribution is -0.119. The number of hydrogen-bond donors (Lipinski definition) is 3. The molecule has 1 amide bonds. The molecule has 0 saturated heterocycles. The molecule has 0 bridgehead atoms. The van der Waals surface area contributed by atoms with E-state index in [9.17, 15) is 9.90 Å². The number of carbonyl (C=O) groups excluding carboxylic acids is 1. The minimum Gasteiger partial charge on any atom is -0.508 e. The van der Waals surface area contributed by atoms with E-state index in [2.05, 4.69) is 15.8 Å². The van der Waals surface area contributed by atoms with Gasteiger partial charge in [0, 0.05) is 5.69 Å². The minimum atomic E-state index is -0.250. The predicted octanol–water partition coefficient (Wildman–Crippen LogP) is 3.11. The van der Waals surface area contributed by atoms with Crippen LogP contribution in [-0.4, -0.2) is 23.8 Å². The molecule has 3 N–H and O–H groups in total. The van der Waals surface area contributed by atoms with Gasteiger partial charge in [-0.25, -0.2) is 5.43 Å². The van der Waals surface area contributed by atoms with Gasteiger partial charge in [0.15, 0.2) is 0 Å². The van der Waals surface area contributed by atoms with E-state index < -0.39 is 0 Å². The minimum absolute atomic E-state index is 0.121. The van der Waals surface area contributed by atoms with Crippen molar-refractivity contribution in [2.45, 2.75) is 0 Å². The smallest absolute Gasteiger partial charge is 0.259 e. The Morgan fingerprint density at radius 1 is 1.00 bits per heavy atom. The second-order valence-electron chi connectivity index (χ2n) is 5.30. The molecule has 0 saturated carbocycles. The number of anilines is 1. The summed E-state index contributed by atoms with van der Waals surface area (Å²) in [6, 6.07) is 20.6. The van der Waals surface area contributed by atoms with Gasteiger partial charge in [-0.15, -0.1) is 0 Å². The number of benzene rings is 3. The first-order valence-corrected chi connectivity index (χ1v) is 7.54. The molecule has 0 radical (unpaired) electrons. The van der Waals surface area contributed by atoms with Gasteiger partial charge < -0.3 is 10.4 Å². The molecule has 0 aliphatic carbocycles. The Kier molecular flexibility index (Phi) is 4.72. The monoisotopic (exact) mass is 319 g/mol. The van der Waals surface area contributed by atoms with Crippen molar-refractivity contribution in [1.82, 2.24) is 5.43 Å². The van der Waals surface area contributed by atoms with Crippen molar-refractivity contribution < 1.29 is 9.90 Å². The number of hydrogen-bond acceptors (Lipinski definition) is 4. The van der Waals surface area contributed by atoms with E-state index in [0.29, 0.717) is 5.56 Å². The van der Waals surface area contributed by atoms with E-state index in [4.69, 9.17) is 0 Å². The van der Waals surface area contributed by atoms with Crippen LogP contribution in [0.5, 0.6) is 5.75 Å². The molecule has 5 heteroatoms. The lowest BCUT2D eigenvalue weighted by Gasteiger charge is -2.06. The van der Waals surface area contributed by atoms with Crippen LogP contribution in [0.1, 0.15) is 5.56 Å². The molecule has 0 unspecified atom stereocenters. The Labute approximate surface area is 139 Å². The Morgan fingerprint density at radius 2 is 1.83 bits per heavy atom. The van der Waals surface area contributed by atoms with Crippen LogP contribution in [0, 0.1) is 0 Å². The first kappa shape index (κ1) is 15.6. The van der Waals surface area contributed by atoms with E-state index in [1.54, 1.807) is 24.3 Å². The Balaban J connectivity index is 1.53. The van der Waals surface area contributed by atoms with Gasteiger partial charge >= 0.3 is 0 Å². The van der Waals surface area contributed by atoms with E-state index in [1.807, 2.05) is 42.5 Å². The SMILES string of the molecule is O=C(CNc1ccc2ccccc2c1)N/N=C\c1cccc(O)c1. The molecule has 0 fully saturated rings. The van der Waals surface area contributed by atoms with Gasteiger partial charge in [-0.05, 0) is 40.6 Å². The number of carbonyl (C=O) groups is 1. The van der Waals surface area contributed by atoms with Crippen LogP contribution in [0.3, 0.4) is 0 Å². The third-order valence-corrected chi connectivity index (χ3v) is 3.48. The van der Waals surface area contributed by atoms with Gasteiger partial charge in [-0.1, -0.05) is 42.5 Å². The molecule has 3 aromatic carbocycles. The highest BCUT2D eigenvalue weighted by Crippen LogP contribution is 2.18. The summed E-state index contributed by atoms with van der Waals surface area (Å²) in [4.78, 5) is 11.8. The van der Waals surface area contributed by atoms with Gasteiger partial charge in [0.2, 0.25) is 0 Å². The molecular formula is C19H17N3O2. The third kappa shape index (κ3) is 4.10. The van der Waals surface area contributed by atoms with E-state index in [0.717, 1.165) is 16.5 Å². The quantitative estimate of drug-likeness (QED) is 0.500. The number of nitrogens with zero attached hydrogens (tertiary/aromatic N) is 1. The van der Waals surface area contributed by atoms with Crippen molar-refractivity contribution in [3.8, 4) is 5.75 Å². The summed E-state index contributed by atoms with van der Waals surface area (Å²) < 4.78 is 0. The van der Waals surface area contributed by atoms with Crippen molar-refractivity contribution in [3.63, 3.8) is 0 Å². The van der Waals surface area contributed by atoms with E-state index in [1.165, 1.54) is 6.21 Å². The average Bonchev–Trinajstić information content (AvgIpc) is 2.60. The lowest BCUT2D eigenvalue weighted by Crippen LogP contribution is -2.25. The normalized spacial score (nSPS) is 10.8. The van der Waals surface area contributed by atoms with Crippen molar-refractivity contribution in [1.29, 1.82) is 0 Å². The van der Waals surface area contributed by atoms with Gasteiger partial charge in [0.05, 0.1) is 12.8 Å². The van der Waals surface area contributed by atoms with Gasteiger partial charge in [-0.2, -0.15) is 5.10 Å². The summed E-state index contributed by atoms with van der Waals surface area (Å²) in [5.41, 5.74) is 4.03. The van der Waals surface area contributed by atoms with Crippen LogP contribution in [0.2, 0.25) is 0 Å². The number of phenolic OH excluding ortho intramolecular Hbond substituents is 1. The van der Waals surface area contributed by atoms with Crippen LogP contribution in [0.25, 0.3) is 10.8 Å². The Bertz CT molecular complexity index is 890. The maximum atomic E-state index is 11.8. The molecule has 120 valence electrons. The number of fused-ring (bicyclic) bond motifs is 1. The third-order valence-electron chi connectivity index (χ3n) is 3.48. The van der Waals surface area contributed by atoms with Crippen molar-refractivity contribution in [2.24, 2.45) is 5.10 Å². The van der Waals surface area contributed by atoms with Gasteiger partial charge in [-0.3, -0.25) is 4.79 Å². The molecular weight excluding hydrogens is 302 g/mol. The highest BCUT2D eigenvalue weighted by molar-refractivity contribution is 5.87. The predicted molar refractivity (Wildman–Crippen MR) is 96.3 cm³/mol. The van der Waals surface area contributed by atoms with Crippen LogP contribution >= 0.6 is 0 Å². The summed E-state index contributed by atoms with van der Waals surface area (Å²) in [6.07, 6.45) is 1.48.